The van der Waals surface area contributed by atoms with Crippen LogP contribution < -0.4 is 5.43 Å². The van der Waals surface area contributed by atoms with Gasteiger partial charge in [-0.1, -0.05) is 35.9 Å². The van der Waals surface area contributed by atoms with Gasteiger partial charge in [0.25, 0.3) is 11.6 Å². The predicted molar refractivity (Wildman–Crippen MR) is 88.7 cm³/mol. The monoisotopic (exact) mass is 311 g/mol. The molecule has 0 saturated heterocycles. The van der Waals surface area contributed by atoms with Crippen LogP contribution in [0, 0.1) is 24.0 Å². The highest BCUT2D eigenvalue weighted by molar-refractivity contribution is 6.02. The number of hydrogen-bond acceptors (Lipinski definition) is 4. The first-order valence-corrected chi connectivity index (χ1v) is 7.06. The van der Waals surface area contributed by atoms with Crippen molar-refractivity contribution in [2.24, 2.45) is 5.10 Å². The van der Waals surface area contributed by atoms with Crippen LogP contribution in [0.1, 0.15) is 34.0 Å². The molecule has 0 radical (unpaired) electrons. The van der Waals surface area contributed by atoms with Crippen molar-refractivity contribution in [1.82, 2.24) is 5.43 Å². The van der Waals surface area contributed by atoms with Crippen molar-refractivity contribution in [2.45, 2.75) is 20.8 Å². The van der Waals surface area contributed by atoms with E-state index in [0.29, 0.717) is 5.71 Å². The Kier molecular flexibility index (Phi) is 4.85. The van der Waals surface area contributed by atoms with Crippen molar-refractivity contribution in [2.75, 3.05) is 0 Å². The second kappa shape index (κ2) is 6.83. The van der Waals surface area contributed by atoms with Crippen LogP contribution in [-0.2, 0) is 0 Å². The molecule has 6 nitrogen and oxygen atoms in total. The van der Waals surface area contributed by atoms with E-state index in [1.54, 1.807) is 13.0 Å². The summed E-state index contributed by atoms with van der Waals surface area (Å²) >= 11 is 0. The van der Waals surface area contributed by atoms with E-state index in [1.165, 1.54) is 18.2 Å². The summed E-state index contributed by atoms with van der Waals surface area (Å²) in [5.74, 6) is -0.610. The number of carbonyl (C=O) groups excluding carboxylic acids is 1. The van der Waals surface area contributed by atoms with Gasteiger partial charge in [-0.25, -0.2) is 5.43 Å². The van der Waals surface area contributed by atoms with E-state index >= 15 is 0 Å². The molecule has 0 aliphatic rings. The highest BCUT2D eigenvalue weighted by Crippen LogP contribution is 2.17. The largest absolute Gasteiger partial charge is 0.282 e. The first-order chi connectivity index (χ1) is 10.9. The maximum atomic E-state index is 12.1. The molecule has 2 rings (SSSR count). The van der Waals surface area contributed by atoms with E-state index in [-0.39, 0.29) is 11.3 Å². The van der Waals surface area contributed by atoms with Gasteiger partial charge in [0.2, 0.25) is 0 Å². The third-order valence-corrected chi connectivity index (χ3v) is 3.44. The van der Waals surface area contributed by atoms with Gasteiger partial charge in [-0.05, 0) is 32.4 Å². The van der Waals surface area contributed by atoms with Crippen LogP contribution in [0.3, 0.4) is 0 Å². The Balaban J connectivity index is 2.22. The SMILES string of the molecule is C/C(=N/NC(=O)c1ccccc1[N+](=O)[O-])c1ccc(C)cc1C. The summed E-state index contributed by atoms with van der Waals surface area (Å²) in [5, 5.41) is 15.0. The fraction of sp³-hybridized carbons (Fsp3) is 0.176. The van der Waals surface area contributed by atoms with Gasteiger partial charge >= 0.3 is 0 Å². The molecular formula is C17H17N3O3. The average Bonchev–Trinajstić information content (AvgIpc) is 2.52. The molecule has 1 N–H and O–H groups in total. The second-order valence-electron chi connectivity index (χ2n) is 5.23. The van der Waals surface area contributed by atoms with Gasteiger partial charge in [0.15, 0.2) is 0 Å². The molecule has 118 valence electrons. The van der Waals surface area contributed by atoms with Gasteiger partial charge in [-0.3, -0.25) is 14.9 Å². The summed E-state index contributed by atoms with van der Waals surface area (Å²) in [6, 6.07) is 11.7. The minimum atomic E-state index is -0.610. The van der Waals surface area contributed by atoms with E-state index < -0.39 is 10.8 Å². The lowest BCUT2D eigenvalue weighted by molar-refractivity contribution is -0.385. The topological polar surface area (TPSA) is 84.6 Å². The lowest BCUT2D eigenvalue weighted by Gasteiger charge is -2.07. The Morgan fingerprint density at radius 3 is 2.48 bits per heavy atom. The number of benzene rings is 2. The number of nitrogens with zero attached hydrogens (tertiary/aromatic N) is 2. The quantitative estimate of drug-likeness (QED) is 0.533. The van der Waals surface area contributed by atoms with Gasteiger partial charge in [0.05, 0.1) is 10.6 Å². The van der Waals surface area contributed by atoms with Gasteiger partial charge in [0, 0.05) is 11.6 Å². The van der Waals surface area contributed by atoms with Crippen LogP contribution in [0.4, 0.5) is 5.69 Å². The van der Waals surface area contributed by atoms with Crippen LogP contribution >= 0.6 is 0 Å². The van der Waals surface area contributed by atoms with Crippen molar-refractivity contribution in [3.8, 4) is 0 Å². The van der Waals surface area contributed by atoms with Gasteiger partial charge in [-0.2, -0.15) is 5.10 Å². The zero-order valence-electron chi connectivity index (χ0n) is 13.2. The molecule has 0 aliphatic heterocycles. The predicted octanol–water partition coefficient (Wildman–Crippen LogP) is 3.37. The van der Waals surface area contributed by atoms with Crippen molar-refractivity contribution in [3.05, 3.63) is 74.8 Å². The Morgan fingerprint density at radius 1 is 1.13 bits per heavy atom. The van der Waals surface area contributed by atoms with Gasteiger partial charge in [-0.15, -0.1) is 0 Å². The highest BCUT2D eigenvalue weighted by atomic mass is 16.6. The third-order valence-electron chi connectivity index (χ3n) is 3.44. The molecule has 0 bridgehead atoms. The summed E-state index contributed by atoms with van der Waals surface area (Å²) in [5.41, 5.74) is 5.85. The number of nitro groups is 1. The Hall–Kier alpha value is -3.02. The molecule has 0 aromatic heterocycles. The number of nitrogens with one attached hydrogen (secondary N) is 1. The molecule has 23 heavy (non-hydrogen) atoms. The fourth-order valence-corrected chi connectivity index (χ4v) is 2.30. The number of rotatable bonds is 4. The highest BCUT2D eigenvalue weighted by Gasteiger charge is 2.18. The third kappa shape index (κ3) is 3.79. The molecule has 0 spiro atoms. The molecule has 2 aromatic carbocycles. The summed E-state index contributed by atoms with van der Waals surface area (Å²) in [7, 11) is 0. The molecule has 0 saturated carbocycles. The summed E-state index contributed by atoms with van der Waals surface area (Å²) < 4.78 is 0. The van der Waals surface area contributed by atoms with Crippen LogP contribution in [0.2, 0.25) is 0 Å². The van der Waals surface area contributed by atoms with E-state index in [2.05, 4.69) is 10.5 Å². The number of amides is 1. The number of carbonyl (C=O) groups is 1. The molecule has 2 aromatic rings. The minimum absolute atomic E-state index is 0.0188. The van der Waals surface area contributed by atoms with E-state index in [0.717, 1.165) is 16.7 Å². The Labute approximate surface area is 134 Å². The van der Waals surface area contributed by atoms with Crippen molar-refractivity contribution >= 4 is 17.3 Å². The second-order valence-corrected chi connectivity index (χ2v) is 5.23. The molecule has 0 atom stereocenters. The van der Waals surface area contributed by atoms with E-state index in [9.17, 15) is 14.9 Å². The maximum Gasteiger partial charge on any atom is 0.282 e. The number of nitro benzene ring substituents is 1. The molecular weight excluding hydrogens is 294 g/mol. The lowest BCUT2D eigenvalue weighted by atomic mass is 10.0. The number of hydrogen-bond donors (Lipinski definition) is 1. The van der Waals surface area contributed by atoms with Crippen molar-refractivity contribution < 1.29 is 9.72 Å². The molecule has 0 unspecified atom stereocenters. The molecule has 6 heteroatoms. The van der Waals surface area contributed by atoms with Crippen molar-refractivity contribution in [1.29, 1.82) is 0 Å². The standard InChI is InChI=1S/C17H17N3O3/c1-11-8-9-14(12(2)10-11)13(3)18-19-17(21)15-6-4-5-7-16(15)20(22)23/h4-10H,1-3H3,(H,19,21)/b18-13-. The van der Waals surface area contributed by atoms with Crippen LogP contribution in [0.15, 0.2) is 47.6 Å². The van der Waals surface area contributed by atoms with Crippen molar-refractivity contribution in [3.63, 3.8) is 0 Å². The summed E-state index contributed by atoms with van der Waals surface area (Å²) in [6.07, 6.45) is 0. The minimum Gasteiger partial charge on any atom is -0.267 e. The molecule has 0 fully saturated rings. The first kappa shape index (κ1) is 16.4. The Morgan fingerprint density at radius 2 is 1.83 bits per heavy atom. The van der Waals surface area contributed by atoms with Gasteiger partial charge in [0.1, 0.15) is 5.56 Å². The molecule has 1 amide bonds. The normalized spacial score (nSPS) is 11.2. The first-order valence-electron chi connectivity index (χ1n) is 7.06. The van der Waals surface area contributed by atoms with Crippen LogP contribution in [0.25, 0.3) is 0 Å². The maximum absolute atomic E-state index is 12.1. The zero-order valence-corrected chi connectivity index (χ0v) is 13.2. The van der Waals surface area contributed by atoms with E-state index in [4.69, 9.17) is 0 Å². The molecule has 0 aliphatic carbocycles. The summed E-state index contributed by atoms with van der Waals surface area (Å²) in [6.45, 7) is 5.74. The Bertz CT molecular complexity index is 797. The van der Waals surface area contributed by atoms with E-state index in [1.807, 2.05) is 32.0 Å². The zero-order chi connectivity index (χ0) is 17.0. The van der Waals surface area contributed by atoms with Crippen LogP contribution in [0.5, 0.6) is 0 Å². The fourth-order valence-electron chi connectivity index (χ4n) is 2.30. The number of aryl methyl sites for hydroxylation is 2. The van der Waals surface area contributed by atoms with Crippen LogP contribution in [-0.4, -0.2) is 16.5 Å². The molecule has 0 heterocycles. The number of hydrazone groups is 1. The number of para-hydroxylation sites is 1. The lowest BCUT2D eigenvalue weighted by Crippen LogP contribution is -2.20. The average molecular weight is 311 g/mol. The summed E-state index contributed by atoms with van der Waals surface area (Å²) in [4.78, 5) is 22.5. The van der Waals surface area contributed by atoms with Gasteiger partial charge < -0.3 is 0 Å². The smallest absolute Gasteiger partial charge is 0.267 e.